The fourth-order valence-corrected chi connectivity index (χ4v) is 5.32. The number of benzene rings is 1. The fraction of sp³-hybridized carbons (Fsp3) is 0.520. The van der Waals surface area contributed by atoms with Gasteiger partial charge in [0.15, 0.2) is 24.3 Å². The number of nitrogens with one attached hydrogen (secondary N) is 2. The first-order chi connectivity index (χ1) is 18.7. The van der Waals surface area contributed by atoms with Crippen LogP contribution < -0.4 is 20.9 Å². The molecule has 0 aliphatic carbocycles. The molecular weight excluding hydrogens is 552 g/mol. The maximum absolute atomic E-state index is 15.0. The smallest absolute Gasteiger partial charge is 0.453 e. The number of aromatic nitrogens is 2. The summed E-state index contributed by atoms with van der Waals surface area (Å²) in [6, 6.07) is 6.55. The van der Waals surface area contributed by atoms with Crippen molar-refractivity contribution < 1.29 is 42.2 Å². The summed E-state index contributed by atoms with van der Waals surface area (Å²) in [5, 5.41) is 12.9. The van der Waals surface area contributed by atoms with Crippen LogP contribution in [-0.2, 0) is 28.2 Å². The summed E-state index contributed by atoms with van der Waals surface area (Å²) in [4.78, 5) is 50.6. The van der Waals surface area contributed by atoms with Crippen LogP contribution in [0.5, 0.6) is 5.75 Å². The number of para-hydroxylation sites is 1. The van der Waals surface area contributed by atoms with Gasteiger partial charge in [-0.15, -0.1) is 0 Å². The van der Waals surface area contributed by atoms with Crippen LogP contribution in [0.2, 0.25) is 0 Å². The van der Waals surface area contributed by atoms with E-state index >= 15 is 0 Å². The molecule has 0 spiro atoms. The highest BCUT2D eigenvalue weighted by molar-refractivity contribution is 7.52. The van der Waals surface area contributed by atoms with Crippen molar-refractivity contribution in [3.63, 3.8) is 0 Å². The number of halogens is 1. The molecule has 2 heterocycles. The predicted molar refractivity (Wildman–Crippen MR) is 139 cm³/mol. The van der Waals surface area contributed by atoms with Crippen LogP contribution in [0.4, 0.5) is 4.39 Å². The summed E-state index contributed by atoms with van der Waals surface area (Å²) in [5.41, 5.74) is -1.50. The highest BCUT2D eigenvalue weighted by Gasteiger charge is 2.47. The number of hydrogen-bond acceptors (Lipinski definition) is 10. The Morgan fingerprint density at radius 3 is 2.48 bits per heavy atom. The molecule has 7 atom stereocenters. The van der Waals surface area contributed by atoms with Gasteiger partial charge >= 0.3 is 19.4 Å². The number of ether oxygens (including phenoxy) is 2. The Kier molecular flexibility index (Phi) is 10.2. The summed E-state index contributed by atoms with van der Waals surface area (Å²) in [7, 11) is -4.42. The van der Waals surface area contributed by atoms with Crippen LogP contribution >= 0.6 is 7.75 Å². The quantitative estimate of drug-likeness (QED) is 0.245. The average molecular weight is 586 g/mol. The Hall–Kier alpha value is -3.16. The van der Waals surface area contributed by atoms with E-state index in [4.69, 9.17) is 18.5 Å². The number of ketones is 1. The third-order valence-corrected chi connectivity index (χ3v) is 7.70. The monoisotopic (exact) mass is 585 g/mol. The summed E-state index contributed by atoms with van der Waals surface area (Å²) in [6.45, 7) is 6.77. The lowest BCUT2D eigenvalue weighted by Gasteiger charge is -2.25. The summed E-state index contributed by atoms with van der Waals surface area (Å²) < 4.78 is 51.1. The molecule has 3 rings (SSSR count). The van der Waals surface area contributed by atoms with Crippen LogP contribution in [0.25, 0.3) is 0 Å². The standard InChI is InChI=1S/C25H33FN3O10P/c1-13(2)20(30)16(5)37-24(33)15(4)28-40(35,39-17-9-7-6-8-10-17)36-12-18-21(31)19(26)23(38-18)29-11-14(3)22(32)27-25(29)34/h6-11,13,15-16,18-19,21,23,31H,12H2,1-5H3,(H,28,35)(H,27,32,34)/t15-,16-,18-,19+,21-,23-,40-/m0/s1. The van der Waals surface area contributed by atoms with Crippen LogP contribution in [0.15, 0.2) is 46.1 Å². The van der Waals surface area contributed by atoms with Crippen molar-refractivity contribution in [2.45, 2.75) is 71.4 Å². The second-order valence-corrected chi connectivity index (χ2v) is 11.4. The van der Waals surface area contributed by atoms with Gasteiger partial charge in [-0.25, -0.2) is 13.8 Å². The lowest BCUT2D eigenvalue weighted by atomic mass is 10.1. The minimum atomic E-state index is -4.42. The number of esters is 1. The minimum Gasteiger partial charge on any atom is -0.453 e. The van der Waals surface area contributed by atoms with Crippen molar-refractivity contribution in [2.75, 3.05) is 6.61 Å². The normalized spacial score (nSPS) is 23.8. The molecule has 0 bridgehead atoms. The summed E-state index contributed by atoms with van der Waals surface area (Å²) in [6.07, 6.45) is -6.89. The van der Waals surface area contributed by atoms with Crippen LogP contribution in [-0.4, -0.2) is 63.5 Å². The number of nitrogens with zero attached hydrogens (tertiary/aromatic N) is 1. The van der Waals surface area contributed by atoms with Gasteiger partial charge in [-0.05, 0) is 32.9 Å². The van der Waals surface area contributed by atoms with Crippen molar-refractivity contribution in [3.05, 3.63) is 62.9 Å². The topological polar surface area (TPSA) is 175 Å². The van der Waals surface area contributed by atoms with E-state index in [-0.39, 0.29) is 23.0 Å². The Balaban J connectivity index is 1.76. The Bertz CT molecular complexity index is 1360. The lowest BCUT2D eigenvalue weighted by Crippen LogP contribution is -2.39. The van der Waals surface area contributed by atoms with E-state index in [9.17, 15) is 33.2 Å². The maximum Gasteiger partial charge on any atom is 0.459 e. The Morgan fingerprint density at radius 2 is 1.85 bits per heavy atom. The number of aromatic amines is 1. The molecule has 40 heavy (non-hydrogen) atoms. The van der Waals surface area contributed by atoms with Gasteiger partial charge < -0.3 is 19.1 Å². The van der Waals surface area contributed by atoms with Crippen molar-refractivity contribution in [1.82, 2.24) is 14.6 Å². The SMILES string of the molecule is Cc1cn([C@H]2O[C@@H](CO[P@@](=O)(N[C@@H](C)C(=O)O[C@@H](C)C(=O)C(C)C)Oc3ccccc3)[C@H](O)[C@H]2F)c(=O)[nH]c1=O. The number of carbonyl (C=O) groups is 2. The van der Waals surface area contributed by atoms with Crippen LogP contribution in [0.1, 0.15) is 39.5 Å². The van der Waals surface area contributed by atoms with Gasteiger partial charge in [-0.3, -0.25) is 28.5 Å². The molecule has 13 nitrogen and oxygen atoms in total. The van der Waals surface area contributed by atoms with Crippen molar-refractivity contribution in [1.29, 1.82) is 0 Å². The number of aryl methyl sites for hydroxylation is 1. The number of Topliss-reactive ketones (excluding diaryl/α,β-unsaturated/α-hetero) is 1. The van der Waals surface area contributed by atoms with E-state index in [1.165, 1.54) is 32.9 Å². The van der Waals surface area contributed by atoms with Gasteiger partial charge in [-0.1, -0.05) is 32.0 Å². The Morgan fingerprint density at radius 1 is 1.20 bits per heavy atom. The average Bonchev–Trinajstić information content (AvgIpc) is 3.18. The molecule has 1 saturated heterocycles. The maximum atomic E-state index is 15.0. The largest absolute Gasteiger partial charge is 0.459 e. The zero-order valence-corrected chi connectivity index (χ0v) is 23.5. The number of aliphatic hydroxyl groups is 1. The molecule has 1 aliphatic heterocycles. The first kappa shape index (κ1) is 31.4. The van der Waals surface area contributed by atoms with Gasteiger partial charge in [0.2, 0.25) is 0 Å². The number of H-pyrrole nitrogens is 1. The second-order valence-electron chi connectivity index (χ2n) is 9.66. The van der Waals surface area contributed by atoms with Crippen LogP contribution in [0, 0.1) is 12.8 Å². The minimum absolute atomic E-state index is 0.103. The fourth-order valence-electron chi connectivity index (χ4n) is 3.82. The first-order valence-corrected chi connectivity index (χ1v) is 14.1. The number of rotatable bonds is 12. The van der Waals surface area contributed by atoms with Gasteiger partial charge in [0.25, 0.3) is 5.56 Å². The highest BCUT2D eigenvalue weighted by atomic mass is 31.2. The highest BCUT2D eigenvalue weighted by Crippen LogP contribution is 2.46. The second kappa shape index (κ2) is 13.0. The van der Waals surface area contributed by atoms with E-state index in [1.807, 2.05) is 4.98 Å². The number of carbonyl (C=O) groups excluding carboxylic acids is 2. The molecule has 220 valence electrons. The van der Waals surface area contributed by atoms with Crippen molar-refractivity contribution in [2.24, 2.45) is 5.92 Å². The molecule has 0 radical (unpaired) electrons. The molecular formula is C25H33FN3O10P. The van der Waals surface area contributed by atoms with Crippen LogP contribution in [0.3, 0.4) is 0 Å². The van der Waals surface area contributed by atoms with Gasteiger partial charge in [-0.2, -0.15) is 5.09 Å². The molecule has 15 heteroatoms. The van der Waals surface area contributed by atoms with E-state index in [1.54, 1.807) is 32.0 Å². The van der Waals surface area contributed by atoms with Gasteiger partial charge in [0.05, 0.1) is 6.61 Å². The predicted octanol–water partition coefficient (Wildman–Crippen LogP) is 1.78. The summed E-state index contributed by atoms with van der Waals surface area (Å²) in [5.74, 6) is -1.48. The number of aliphatic hydroxyl groups excluding tert-OH is 1. The molecule has 0 unspecified atom stereocenters. The molecule has 0 amide bonds. The molecule has 1 aromatic heterocycles. The van der Waals surface area contributed by atoms with E-state index in [2.05, 4.69) is 5.09 Å². The molecule has 0 saturated carbocycles. The van der Waals surface area contributed by atoms with Crippen molar-refractivity contribution >= 4 is 19.5 Å². The zero-order valence-electron chi connectivity index (χ0n) is 22.6. The third-order valence-electron chi connectivity index (χ3n) is 6.06. The van der Waals surface area contributed by atoms with Crippen molar-refractivity contribution in [3.8, 4) is 5.75 Å². The van der Waals surface area contributed by atoms with E-state index < -0.39 is 68.3 Å². The molecule has 1 aromatic carbocycles. The first-order valence-electron chi connectivity index (χ1n) is 12.5. The van der Waals surface area contributed by atoms with Gasteiger partial charge in [0, 0.05) is 17.7 Å². The zero-order chi connectivity index (χ0) is 29.8. The van der Waals surface area contributed by atoms with Gasteiger partial charge in [0.1, 0.15) is 24.0 Å². The number of alkyl halides is 1. The molecule has 1 fully saturated rings. The molecule has 1 aliphatic rings. The summed E-state index contributed by atoms with van der Waals surface area (Å²) >= 11 is 0. The number of hydrogen-bond donors (Lipinski definition) is 3. The lowest BCUT2D eigenvalue weighted by molar-refractivity contribution is -0.156. The van der Waals surface area contributed by atoms with E-state index in [0.717, 1.165) is 10.8 Å². The van der Waals surface area contributed by atoms with E-state index in [0.29, 0.717) is 0 Å². The Labute approximate surface area is 229 Å². The third kappa shape index (κ3) is 7.52. The molecule has 3 N–H and O–H groups in total. The molecule has 2 aromatic rings.